The predicted octanol–water partition coefficient (Wildman–Crippen LogP) is 4.56. The van der Waals surface area contributed by atoms with Gasteiger partial charge in [0, 0.05) is 17.6 Å². The Balaban J connectivity index is 1.39. The average Bonchev–Trinajstić information content (AvgIpc) is 3.16. The topological polar surface area (TPSA) is 49.0 Å². The van der Waals surface area contributed by atoms with Gasteiger partial charge in [-0.25, -0.2) is 9.37 Å². The average molecular weight is 363 g/mol. The molecule has 2 aliphatic heterocycles. The van der Waals surface area contributed by atoms with E-state index in [2.05, 4.69) is 14.9 Å². The SMILES string of the molecule is Cc1nc2ccc(C(=O)N3C4CCC3CC(c3ccc(F)cc3)C4)cc2[nH]1. The van der Waals surface area contributed by atoms with Gasteiger partial charge in [-0.15, -0.1) is 0 Å². The molecule has 5 heteroatoms. The summed E-state index contributed by atoms with van der Waals surface area (Å²) in [5.41, 5.74) is 3.71. The lowest BCUT2D eigenvalue weighted by Gasteiger charge is -2.39. The molecule has 2 atom stereocenters. The van der Waals surface area contributed by atoms with Crippen molar-refractivity contribution in [2.24, 2.45) is 0 Å². The van der Waals surface area contributed by atoms with E-state index in [4.69, 9.17) is 0 Å². The minimum atomic E-state index is -0.196. The third kappa shape index (κ3) is 2.82. The van der Waals surface area contributed by atoms with Crippen LogP contribution in [0.2, 0.25) is 0 Å². The second kappa shape index (κ2) is 6.19. The van der Waals surface area contributed by atoms with Crippen LogP contribution in [0.3, 0.4) is 0 Å². The normalized spacial score (nSPS) is 24.5. The maximum atomic E-state index is 13.2. The largest absolute Gasteiger partial charge is 0.342 e. The highest BCUT2D eigenvalue weighted by Crippen LogP contribution is 2.43. The van der Waals surface area contributed by atoms with Crippen molar-refractivity contribution >= 4 is 16.9 Å². The van der Waals surface area contributed by atoms with Crippen LogP contribution in [0.25, 0.3) is 11.0 Å². The van der Waals surface area contributed by atoms with Gasteiger partial charge >= 0.3 is 0 Å². The summed E-state index contributed by atoms with van der Waals surface area (Å²) in [5, 5.41) is 0. The fraction of sp³-hybridized carbons (Fsp3) is 0.364. The van der Waals surface area contributed by atoms with Crippen molar-refractivity contribution in [1.29, 1.82) is 0 Å². The number of aromatic nitrogens is 2. The number of carbonyl (C=O) groups excluding carboxylic acids is 1. The maximum absolute atomic E-state index is 13.2. The molecule has 4 nitrogen and oxygen atoms in total. The molecule has 0 aliphatic carbocycles. The minimum Gasteiger partial charge on any atom is -0.342 e. The summed E-state index contributed by atoms with van der Waals surface area (Å²) in [4.78, 5) is 23.0. The number of hydrogen-bond donors (Lipinski definition) is 1. The van der Waals surface area contributed by atoms with Crippen LogP contribution in [0.5, 0.6) is 0 Å². The Kier molecular flexibility index (Phi) is 3.78. The zero-order valence-corrected chi connectivity index (χ0v) is 15.3. The van der Waals surface area contributed by atoms with Gasteiger partial charge in [0.15, 0.2) is 0 Å². The Labute approximate surface area is 157 Å². The van der Waals surface area contributed by atoms with E-state index in [1.807, 2.05) is 37.3 Å². The molecule has 0 saturated carbocycles. The summed E-state index contributed by atoms with van der Waals surface area (Å²) in [6, 6.07) is 13.1. The summed E-state index contributed by atoms with van der Waals surface area (Å²) >= 11 is 0. The van der Waals surface area contributed by atoms with E-state index >= 15 is 0 Å². The van der Waals surface area contributed by atoms with Crippen molar-refractivity contribution in [3.05, 3.63) is 65.2 Å². The van der Waals surface area contributed by atoms with Gasteiger partial charge in [-0.1, -0.05) is 12.1 Å². The molecule has 1 aromatic heterocycles. The number of hydrogen-bond acceptors (Lipinski definition) is 2. The van der Waals surface area contributed by atoms with Gasteiger partial charge in [0.2, 0.25) is 0 Å². The molecule has 2 aliphatic rings. The van der Waals surface area contributed by atoms with Gasteiger partial charge in [-0.05, 0) is 74.4 Å². The van der Waals surface area contributed by atoms with Crippen LogP contribution in [0.1, 0.15) is 53.3 Å². The number of aromatic amines is 1. The van der Waals surface area contributed by atoms with E-state index in [-0.39, 0.29) is 23.8 Å². The molecule has 5 rings (SSSR count). The van der Waals surface area contributed by atoms with Gasteiger partial charge < -0.3 is 9.88 Å². The highest BCUT2D eigenvalue weighted by molar-refractivity contribution is 5.98. The van der Waals surface area contributed by atoms with Gasteiger partial charge in [0.05, 0.1) is 11.0 Å². The zero-order valence-electron chi connectivity index (χ0n) is 15.3. The molecule has 1 N–H and O–H groups in total. The molecule has 1 amide bonds. The van der Waals surface area contributed by atoms with Crippen molar-refractivity contribution in [3.8, 4) is 0 Å². The molecule has 2 aromatic carbocycles. The lowest BCUT2D eigenvalue weighted by atomic mass is 9.85. The van der Waals surface area contributed by atoms with Gasteiger partial charge in [0.1, 0.15) is 11.6 Å². The summed E-state index contributed by atoms with van der Waals surface area (Å²) in [6.07, 6.45) is 4.03. The summed E-state index contributed by atoms with van der Waals surface area (Å²) in [5.74, 6) is 1.19. The number of rotatable bonds is 2. The first-order valence-electron chi connectivity index (χ1n) is 9.63. The number of fused-ring (bicyclic) bond motifs is 3. The Morgan fingerprint density at radius 1 is 1.11 bits per heavy atom. The number of amides is 1. The van der Waals surface area contributed by atoms with E-state index in [1.54, 1.807) is 0 Å². The molecular weight excluding hydrogens is 341 g/mol. The minimum absolute atomic E-state index is 0.120. The van der Waals surface area contributed by atoms with Crippen molar-refractivity contribution in [2.75, 3.05) is 0 Å². The second-order valence-electron chi connectivity index (χ2n) is 7.87. The molecule has 2 saturated heterocycles. The van der Waals surface area contributed by atoms with Crippen LogP contribution in [0, 0.1) is 12.7 Å². The Hall–Kier alpha value is -2.69. The summed E-state index contributed by atoms with van der Waals surface area (Å²) in [6.45, 7) is 1.92. The Bertz CT molecular complexity index is 996. The number of imidazole rings is 1. The lowest BCUT2D eigenvalue weighted by Crippen LogP contribution is -2.46. The first-order chi connectivity index (χ1) is 13.1. The number of nitrogens with one attached hydrogen (secondary N) is 1. The molecule has 27 heavy (non-hydrogen) atoms. The number of aryl methyl sites for hydroxylation is 1. The molecule has 2 fully saturated rings. The quantitative estimate of drug-likeness (QED) is 0.725. The van der Waals surface area contributed by atoms with Crippen LogP contribution < -0.4 is 0 Å². The molecule has 0 spiro atoms. The number of halogens is 1. The van der Waals surface area contributed by atoms with E-state index in [9.17, 15) is 9.18 Å². The molecule has 2 bridgehead atoms. The number of benzene rings is 2. The monoisotopic (exact) mass is 363 g/mol. The highest BCUT2D eigenvalue weighted by atomic mass is 19.1. The molecule has 0 radical (unpaired) electrons. The Morgan fingerprint density at radius 3 is 2.52 bits per heavy atom. The van der Waals surface area contributed by atoms with Crippen LogP contribution >= 0.6 is 0 Å². The van der Waals surface area contributed by atoms with Gasteiger partial charge in [0.25, 0.3) is 5.91 Å². The van der Waals surface area contributed by atoms with E-state index in [1.165, 1.54) is 17.7 Å². The zero-order chi connectivity index (χ0) is 18.5. The van der Waals surface area contributed by atoms with Crippen LogP contribution in [0.15, 0.2) is 42.5 Å². The van der Waals surface area contributed by atoms with Crippen molar-refractivity contribution in [3.63, 3.8) is 0 Å². The highest BCUT2D eigenvalue weighted by Gasteiger charge is 2.43. The molecule has 2 unspecified atom stereocenters. The van der Waals surface area contributed by atoms with Crippen molar-refractivity contribution < 1.29 is 9.18 Å². The number of H-pyrrole nitrogens is 1. The van der Waals surface area contributed by atoms with Crippen LogP contribution in [0.4, 0.5) is 4.39 Å². The molecule has 3 heterocycles. The van der Waals surface area contributed by atoms with Crippen LogP contribution in [-0.2, 0) is 0 Å². The lowest BCUT2D eigenvalue weighted by molar-refractivity contribution is 0.0571. The molecular formula is C22H22FN3O. The fourth-order valence-corrected chi connectivity index (χ4v) is 4.94. The second-order valence-corrected chi connectivity index (χ2v) is 7.87. The Morgan fingerprint density at radius 2 is 1.81 bits per heavy atom. The predicted molar refractivity (Wildman–Crippen MR) is 102 cm³/mol. The first-order valence-corrected chi connectivity index (χ1v) is 9.63. The van der Waals surface area contributed by atoms with Crippen molar-refractivity contribution in [1.82, 2.24) is 14.9 Å². The van der Waals surface area contributed by atoms with Crippen molar-refractivity contribution in [2.45, 2.75) is 50.6 Å². The molecule has 138 valence electrons. The first kappa shape index (κ1) is 16.5. The summed E-state index contributed by atoms with van der Waals surface area (Å²) < 4.78 is 13.2. The number of carbonyl (C=O) groups is 1. The van der Waals surface area contributed by atoms with E-state index < -0.39 is 0 Å². The fourth-order valence-electron chi connectivity index (χ4n) is 4.94. The summed E-state index contributed by atoms with van der Waals surface area (Å²) in [7, 11) is 0. The third-order valence-electron chi connectivity index (χ3n) is 6.16. The standard InChI is InChI=1S/C22H22FN3O/c1-13-24-20-9-4-15(12-21(20)25-13)22(27)26-18-7-8-19(26)11-16(10-18)14-2-5-17(23)6-3-14/h2-6,9,12,16,18-19H,7-8,10-11H2,1H3,(H,24,25). The molecule has 3 aromatic rings. The van der Waals surface area contributed by atoms with E-state index in [0.29, 0.717) is 5.92 Å². The smallest absolute Gasteiger partial charge is 0.254 e. The van der Waals surface area contributed by atoms with Gasteiger partial charge in [-0.3, -0.25) is 4.79 Å². The number of piperidine rings is 1. The van der Waals surface area contributed by atoms with Gasteiger partial charge in [-0.2, -0.15) is 0 Å². The maximum Gasteiger partial charge on any atom is 0.254 e. The third-order valence-corrected chi connectivity index (χ3v) is 6.16. The van der Waals surface area contributed by atoms with Crippen LogP contribution in [-0.4, -0.2) is 32.9 Å². The number of nitrogens with zero attached hydrogens (tertiary/aromatic N) is 2. The van der Waals surface area contributed by atoms with E-state index in [0.717, 1.165) is 48.1 Å².